The fraction of sp³-hybridized carbons (Fsp3) is 0.778. The number of guanidine groups is 1. The van der Waals surface area contributed by atoms with E-state index in [1.54, 1.807) is 11.3 Å². The first kappa shape index (κ1) is 22.6. The minimum Gasteiger partial charge on any atom is -0.356 e. The van der Waals surface area contributed by atoms with Crippen molar-refractivity contribution >= 4 is 41.3 Å². The Labute approximate surface area is 174 Å². The quantitative estimate of drug-likeness (QED) is 0.374. The van der Waals surface area contributed by atoms with E-state index in [0.29, 0.717) is 0 Å². The summed E-state index contributed by atoms with van der Waals surface area (Å²) in [5.41, 5.74) is 0.138. The monoisotopic (exact) mass is 479 g/mol. The molecular weight excluding hydrogens is 445 g/mol. The lowest BCUT2D eigenvalue weighted by atomic mass is 9.93. The summed E-state index contributed by atoms with van der Waals surface area (Å²) in [7, 11) is 1.83. The SMILES string of the molecule is CN=C(NCCc1ncc(C)s1)NCC(C)(C)N1CCCC(C)C1.I. The van der Waals surface area contributed by atoms with Crippen molar-refractivity contribution in [2.24, 2.45) is 10.9 Å². The molecule has 1 saturated heterocycles. The molecule has 5 nitrogen and oxygen atoms in total. The van der Waals surface area contributed by atoms with Gasteiger partial charge in [0.05, 0.1) is 5.01 Å². The summed E-state index contributed by atoms with van der Waals surface area (Å²) < 4.78 is 0. The average molecular weight is 479 g/mol. The van der Waals surface area contributed by atoms with E-state index in [1.165, 1.54) is 35.8 Å². The first-order chi connectivity index (χ1) is 11.4. The molecule has 1 unspecified atom stereocenters. The minimum atomic E-state index is 0. The molecule has 0 saturated carbocycles. The van der Waals surface area contributed by atoms with Crippen LogP contribution < -0.4 is 10.6 Å². The molecule has 1 aromatic heterocycles. The van der Waals surface area contributed by atoms with Crippen LogP contribution in [0.5, 0.6) is 0 Å². The Hall–Kier alpha value is -0.410. The molecule has 2 N–H and O–H groups in total. The second-order valence-corrected chi connectivity index (χ2v) is 8.79. The predicted octanol–water partition coefficient (Wildman–Crippen LogP) is 3.29. The van der Waals surface area contributed by atoms with E-state index >= 15 is 0 Å². The van der Waals surface area contributed by atoms with Crippen LogP contribution in [0.15, 0.2) is 11.2 Å². The maximum Gasteiger partial charge on any atom is 0.191 e. The molecule has 1 aliphatic heterocycles. The Morgan fingerprint density at radius 2 is 2.20 bits per heavy atom. The lowest BCUT2D eigenvalue weighted by Crippen LogP contribution is -2.56. The van der Waals surface area contributed by atoms with E-state index in [4.69, 9.17) is 0 Å². The number of hydrogen-bond donors (Lipinski definition) is 2. The molecule has 2 rings (SSSR count). The fourth-order valence-corrected chi connectivity index (χ4v) is 3.96. The number of nitrogens with zero attached hydrogens (tertiary/aromatic N) is 3. The Balaban J connectivity index is 0.00000312. The van der Waals surface area contributed by atoms with Crippen LogP contribution in [-0.4, -0.2) is 54.6 Å². The number of hydrogen-bond acceptors (Lipinski definition) is 4. The smallest absolute Gasteiger partial charge is 0.191 e. The highest BCUT2D eigenvalue weighted by atomic mass is 127. The number of thiazole rings is 1. The zero-order valence-corrected chi connectivity index (χ0v) is 19.4. The third-order valence-corrected chi connectivity index (χ3v) is 5.70. The van der Waals surface area contributed by atoms with Gasteiger partial charge in [-0.25, -0.2) is 4.98 Å². The van der Waals surface area contributed by atoms with E-state index in [1.807, 2.05) is 13.2 Å². The van der Waals surface area contributed by atoms with Gasteiger partial charge >= 0.3 is 0 Å². The van der Waals surface area contributed by atoms with Crippen molar-refractivity contribution in [1.29, 1.82) is 0 Å². The summed E-state index contributed by atoms with van der Waals surface area (Å²) in [5, 5.41) is 8.07. The first-order valence-electron chi connectivity index (χ1n) is 9.01. The van der Waals surface area contributed by atoms with Crippen molar-refractivity contribution in [2.45, 2.75) is 52.5 Å². The Kier molecular flexibility index (Phi) is 9.66. The van der Waals surface area contributed by atoms with E-state index in [0.717, 1.165) is 31.4 Å². The number of aliphatic imine (C=N–C) groups is 1. The Morgan fingerprint density at radius 1 is 1.44 bits per heavy atom. The molecule has 1 atom stereocenters. The minimum absolute atomic E-state index is 0. The van der Waals surface area contributed by atoms with Gasteiger partial charge in [-0.2, -0.15) is 0 Å². The van der Waals surface area contributed by atoms with Crippen LogP contribution >= 0.6 is 35.3 Å². The molecule has 144 valence electrons. The van der Waals surface area contributed by atoms with E-state index in [9.17, 15) is 0 Å². The molecule has 0 spiro atoms. The molecule has 0 aliphatic carbocycles. The predicted molar refractivity (Wildman–Crippen MR) is 119 cm³/mol. The van der Waals surface area contributed by atoms with Crippen molar-refractivity contribution in [2.75, 3.05) is 33.2 Å². The topological polar surface area (TPSA) is 52.6 Å². The second-order valence-electron chi connectivity index (χ2n) is 7.47. The Bertz CT molecular complexity index is 543. The average Bonchev–Trinajstić information content (AvgIpc) is 2.96. The summed E-state index contributed by atoms with van der Waals surface area (Å²) in [6.07, 6.45) is 5.55. The number of nitrogens with one attached hydrogen (secondary N) is 2. The van der Waals surface area contributed by atoms with E-state index in [-0.39, 0.29) is 29.5 Å². The van der Waals surface area contributed by atoms with Gasteiger partial charge in [0, 0.05) is 49.7 Å². The number of piperidine rings is 1. The number of likely N-dealkylation sites (tertiary alicyclic amines) is 1. The largest absolute Gasteiger partial charge is 0.356 e. The van der Waals surface area contributed by atoms with Gasteiger partial charge in [-0.3, -0.25) is 9.89 Å². The maximum absolute atomic E-state index is 4.40. The molecule has 0 aromatic carbocycles. The summed E-state index contributed by atoms with van der Waals surface area (Å²) in [6.45, 7) is 13.3. The molecule has 0 amide bonds. The molecule has 7 heteroatoms. The zero-order valence-electron chi connectivity index (χ0n) is 16.3. The van der Waals surface area contributed by atoms with E-state index in [2.05, 4.69) is 53.2 Å². The molecular formula is C18H34IN5S. The number of aromatic nitrogens is 1. The summed E-state index contributed by atoms with van der Waals surface area (Å²) in [4.78, 5) is 12.6. The molecule has 25 heavy (non-hydrogen) atoms. The van der Waals surface area contributed by atoms with E-state index < -0.39 is 0 Å². The van der Waals surface area contributed by atoms with Gasteiger partial charge in [-0.1, -0.05) is 6.92 Å². The van der Waals surface area contributed by atoms with Crippen LogP contribution in [0, 0.1) is 12.8 Å². The molecule has 1 aliphatic rings. The molecule has 1 aromatic rings. The summed E-state index contributed by atoms with van der Waals surface area (Å²) in [6, 6.07) is 0. The summed E-state index contributed by atoms with van der Waals surface area (Å²) in [5.74, 6) is 1.68. The molecule has 0 bridgehead atoms. The van der Waals surface area contributed by atoms with Gasteiger partial charge in [0.25, 0.3) is 0 Å². The zero-order chi connectivity index (χ0) is 17.6. The van der Waals surface area contributed by atoms with Gasteiger partial charge < -0.3 is 10.6 Å². The lowest BCUT2D eigenvalue weighted by Gasteiger charge is -2.43. The standard InChI is InChI=1S/C18H33N5S.HI/c1-14-7-6-10-23(12-14)18(3,4)13-22-17(19-5)20-9-8-16-21-11-15(2)24-16;/h11,14H,6-10,12-13H2,1-5H3,(H2,19,20,22);1H. The highest BCUT2D eigenvalue weighted by Crippen LogP contribution is 2.23. The van der Waals surface area contributed by atoms with Crippen molar-refractivity contribution in [3.63, 3.8) is 0 Å². The van der Waals surface area contributed by atoms with Crippen LogP contribution in [0.4, 0.5) is 0 Å². The van der Waals surface area contributed by atoms with Gasteiger partial charge in [-0.05, 0) is 46.1 Å². The molecule has 2 heterocycles. The highest BCUT2D eigenvalue weighted by molar-refractivity contribution is 14.0. The second kappa shape index (κ2) is 10.7. The van der Waals surface area contributed by atoms with Crippen molar-refractivity contribution < 1.29 is 0 Å². The van der Waals surface area contributed by atoms with Gasteiger partial charge in [-0.15, -0.1) is 35.3 Å². The first-order valence-corrected chi connectivity index (χ1v) is 9.83. The van der Waals surface area contributed by atoms with Gasteiger partial charge in [0.2, 0.25) is 0 Å². The molecule has 1 fully saturated rings. The summed E-state index contributed by atoms with van der Waals surface area (Å²) >= 11 is 1.77. The molecule has 0 radical (unpaired) electrons. The van der Waals surface area contributed by atoms with Crippen LogP contribution in [0.25, 0.3) is 0 Å². The Morgan fingerprint density at radius 3 is 2.80 bits per heavy atom. The van der Waals surface area contributed by atoms with Crippen molar-refractivity contribution in [1.82, 2.24) is 20.5 Å². The van der Waals surface area contributed by atoms with Gasteiger partial charge in [0.15, 0.2) is 5.96 Å². The van der Waals surface area contributed by atoms with Crippen LogP contribution in [-0.2, 0) is 6.42 Å². The van der Waals surface area contributed by atoms with Crippen LogP contribution in [0.3, 0.4) is 0 Å². The fourth-order valence-electron chi connectivity index (χ4n) is 3.18. The van der Waals surface area contributed by atoms with Gasteiger partial charge in [0.1, 0.15) is 0 Å². The highest BCUT2D eigenvalue weighted by Gasteiger charge is 2.30. The number of aryl methyl sites for hydroxylation is 1. The number of rotatable bonds is 6. The number of halogens is 1. The van der Waals surface area contributed by atoms with Crippen molar-refractivity contribution in [3.8, 4) is 0 Å². The van der Waals surface area contributed by atoms with Crippen LogP contribution in [0.2, 0.25) is 0 Å². The van der Waals surface area contributed by atoms with Crippen molar-refractivity contribution in [3.05, 3.63) is 16.1 Å². The van der Waals surface area contributed by atoms with Crippen LogP contribution in [0.1, 0.15) is 43.5 Å². The third-order valence-electron chi connectivity index (χ3n) is 4.73. The third kappa shape index (κ3) is 7.38. The normalized spacial score (nSPS) is 19.4. The maximum atomic E-state index is 4.40. The lowest BCUT2D eigenvalue weighted by molar-refractivity contribution is 0.0739.